The average molecular weight is 208 g/mol. The van der Waals surface area contributed by atoms with Crippen LogP contribution in [0.2, 0.25) is 0 Å². The van der Waals surface area contributed by atoms with E-state index in [1.165, 1.54) is 0 Å². The van der Waals surface area contributed by atoms with Gasteiger partial charge in [-0.2, -0.15) is 0 Å². The van der Waals surface area contributed by atoms with Crippen molar-refractivity contribution in [1.82, 2.24) is 0 Å². The Morgan fingerprint density at radius 1 is 1.33 bits per heavy atom. The Hall–Kier alpha value is -1.39. The van der Waals surface area contributed by atoms with Crippen molar-refractivity contribution >= 4 is 5.97 Å². The molecule has 4 heteroatoms. The Kier molecular flexibility index (Phi) is 4.27. The molecule has 1 aromatic rings. The normalized spacial score (nSPS) is 14.3. The van der Waals surface area contributed by atoms with E-state index in [1.807, 2.05) is 30.3 Å². The Morgan fingerprint density at radius 3 is 2.47 bits per heavy atom. The SMILES string of the molecule is C[C@H](N)[C@@H](N)C(=O)OCc1ccccc1. The first-order valence-electron chi connectivity index (χ1n) is 4.83. The first kappa shape index (κ1) is 11.7. The molecule has 15 heavy (non-hydrogen) atoms. The summed E-state index contributed by atoms with van der Waals surface area (Å²) < 4.78 is 5.01. The fourth-order valence-corrected chi connectivity index (χ4v) is 1.04. The predicted molar refractivity (Wildman–Crippen MR) is 57.9 cm³/mol. The topological polar surface area (TPSA) is 78.3 Å². The van der Waals surface area contributed by atoms with Crippen LogP contribution in [-0.4, -0.2) is 18.1 Å². The molecule has 1 aromatic carbocycles. The van der Waals surface area contributed by atoms with Crippen LogP contribution in [0.4, 0.5) is 0 Å². The zero-order chi connectivity index (χ0) is 11.3. The van der Waals surface area contributed by atoms with Crippen molar-refractivity contribution < 1.29 is 9.53 Å². The molecule has 0 aliphatic rings. The maximum atomic E-state index is 11.3. The van der Waals surface area contributed by atoms with E-state index in [4.69, 9.17) is 16.2 Å². The Labute approximate surface area is 89.2 Å². The van der Waals surface area contributed by atoms with E-state index in [1.54, 1.807) is 6.92 Å². The highest BCUT2D eigenvalue weighted by Gasteiger charge is 2.18. The Bertz CT molecular complexity index is 312. The smallest absolute Gasteiger partial charge is 0.324 e. The summed E-state index contributed by atoms with van der Waals surface area (Å²) in [7, 11) is 0. The maximum Gasteiger partial charge on any atom is 0.324 e. The number of nitrogens with two attached hydrogens (primary N) is 2. The lowest BCUT2D eigenvalue weighted by Crippen LogP contribution is -2.46. The van der Waals surface area contributed by atoms with Crippen LogP contribution in [0.15, 0.2) is 30.3 Å². The van der Waals surface area contributed by atoms with Gasteiger partial charge in [-0.25, -0.2) is 0 Å². The van der Waals surface area contributed by atoms with Crippen LogP contribution < -0.4 is 11.5 Å². The third-order valence-electron chi connectivity index (χ3n) is 2.06. The minimum Gasteiger partial charge on any atom is -0.460 e. The van der Waals surface area contributed by atoms with E-state index in [0.717, 1.165) is 5.56 Å². The summed E-state index contributed by atoms with van der Waals surface area (Å²) in [6.45, 7) is 1.91. The van der Waals surface area contributed by atoms with Crippen LogP contribution in [0.3, 0.4) is 0 Å². The van der Waals surface area contributed by atoms with Gasteiger partial charge in [-0.1, -0.05) is 30.3 Å². The fourth-order valence-electron chi connectivity index (χ4n) is 1.04. The molecule has 0 fully saturated rings. The van der Waals surface area contributed by atoms with Crippen molar-refractivity contribution in [3.63, 3.8) is 0 Å². The highest BCUT2D eigenvalue weighted by atomic mass is 16.5. The third-order valence-corrected chi connectivity index (χ3v) is 2.06. The van der Waals surface area contributed by atoms with Gasteiger partial charge in [0.15, 0.2) is 0 Å². The molecule has 4 nitrogen and oxygen atoms in total. The van der Waals surface area contributed by atoms with Crippen LogP contribution >= 0.6 is 0 Å². The molecule has 2 atom stereocenters. The molecule has 0 saturated heterocycles. The van der Waals surface area contributed by atoms with E-state index in [9.17, 15) is 4.79 Å². The number of benzene rings is 1. The van der Waals surface area contributed by atoms with Gasteiger partial charge >= 0.3 is 5.97 Å². The second-order valence-corrected chi connectivity index (χ2v) is 3.48. The largest absolute Gasteiger partial charge is 0.460 e. The predicted octanol–water partition coefficient (Wildman–Crippen LogP) is 0.404. The molecule has 1 rings (SSSR count). The molecule has 82 valence electrons. The van der Waals surface area contributed by atoms with E-state index < -0.39 is 18.1 Å². The molecule has 0 unspecified atom stereocenters. The summed E-state index contributed by atoms with van der Waals surface area (Å²) in [4.78, 5) is 11.3. The second kappa shape index (κ2) is 5.48. The monoisotopic (exact) mass is 208 g/mol. The number of hydrogen-bond donors (Lipinski definition) is 2. The van der Waals surface area contributed by atoms with Crippen molar-refractivity contribution in [1.29, 1.82) is 0 Å². The van der Waals surface area contributed by atoms with Gasteiger partial charge in [-0.3, -0.25) is 4.79 Å². The van der Waals surface area contributed by atoms with Crippen molar-refractivity contribution in [2.24, 2.45) is 11.5 Å². The van der Waals surface area contributed by atoms with Crippen LogP contribution in [0.1, 0.15) is 12.5 Å². The lowest BCUT2D eigenvalue weighted by molar-refractivity contribution is -0.146. The van der Waals surface area contributed by atoms with Crippen LogP contribution in [0.5, 0.6) is 0 Å². The van der Waals surface area contributed by atoms with Crippen LogP contribution in [0, 0.1) is 0 Å². The van der Waals surface area contributed by atoms with Crippen molar-refractivity contribution in [3.05, 3.63) is 35.9 Å². The van der Waals surface area contributed by atoms with Crippen LogP contribution in [-0.2, 0) is 16.1 Å². The molecular weight excluding hydrogens is 192 g/mol. The van der Waals surface area contributed by atoms with E-state index in [2.05, 4.69) is 0 Å². The summed E-state index contributed by atoms with van der Waals surface area (Å²) in [5, 5.41) is 0. The molecule has 0 amide bonds. The quantitative estimate of drug-likeness (QED) is 0.702. The molecular formula is C11H16N2O2. The summed E-state index contributed by atoms with van der Waals surface area (Å²) in [5.41, 5.74) is 11.9. The third kappa shape index (κ3) is 3.69. The van der Waals surface area contributed by atoms with Crippen molar-refractivity contribution in [3.8, 4) is 0 Å². The van der Waals surface area contributed by atoms with Crippen LogP contribution in [0.25, 0.3) is 0 Å². The lowest BCUT2D eigenvalue weighted by Gasteiger charge is -2.14. The van der Waals surface area contributed by atoms with Gasteiger partial charge in [0.25, 0.3) is 0 Å². The number of ether oxygens (including phenoxy) is 1. The van der Waals surface area contributed by atoms with Gasteiger partial charge < -0.3 is 16.2 Å². The van der Waals surface area contributed by atoms with Gasteiger partial charge in [0, 0.05) is 6.04 Å². The van der Waals surface area contributed by atoms with Gasteiger partial charge in [0.2, 0.25) is 0 Å². The molecule has 0 saturated carbocycles. The van der Waals surface area contributed by atoms with Gasteiger partial charge in [0.1, 0.15) is 12.6 Å². The number of carbonyl (C=O) groups excluding carboxylic acids is 1. The zero-order valence-corrected chi connectivity index (χ0v) is 8.72. The average Bonchev–Trinajstić information content (AvgIpc) is 2.26. The lowest BCUT2D eigenvalue weighted by atomic mass is 10.2. The molecule has 4 N–H and O–H groups in total. The second-order valence-electron chi connectivity index (χ2n) is 3.48. The summed E-state index contributed by atoms with van der Waals surface area (Å²) in [6.07, 6.45) is 0. The van der Waals surface area contributed by atoms with Crippen molar-refractivity contribution in [2.45, 2.75) is 25.6 Å². The highest BCUT2D eigenvalue weighted by Crippen LogP contribution is 2.01. The fraction of sp³-hybridized carbons (Fsp3) is 0.364. The van der Waals surface area contributed by atoms with E-state index >= 15 is 0 Å². The molecule has 0 radical (unpaired) electrons. The zero-order valence-electron chi connectivity index (χ0n) is 8.72. The molecule has 0 heterocycles. The molecule has 0 spiro atoms. The summed E-state index contributed by atoms with van der Waals surface area (Å²) >= 11 is 0. The first-order chi connectivity index (χ1) is 7.11. The number of carbonyl (C=O) groups is 1. The Balaban J connectivity index is 2.41. The van der Waals surface area contributed by atoms with E-state index in [0.29, 0.717) is 0 Å². The highest BCUT2D eigenvalue weighted by molar-refractivity contribution is 5.76. The van der Waals surface area contributed by atoms with Crippen molar-refractivity contribution in [2.75, 3.05) is 0 Å². The van der Waals surface area contributed by atoms with Gasteiger partial charge in [-0.15, -0.1) is 0 Å². The molecule has 0 aliphatic carbocycles. The van der Waals surface area contributed by atoms with E-state index in [-0.39, 0.29) is 6.61 Å². The standard InChI is InChI=1S/C11H16N2O2/c1-8(12)10(13)11(14)15-7-9-5-3-2-4-6-9/h2-6,8,10H,7,12-13H2,1H3/t8-,10+/m0/s1. The molecule has 0 aliphatic heterocycles. The summed E-state index contributed by atoms with van der Waals surface area (Å²) in [6, 6.07) is 8.28. The number of rotatable bonds is 4. The number of esters is 1. The minimum absolute atomic E-state index is 0.236. The van der Waals surface area contributed by atoms with Gasteiger partial charge in [0.05, 0.1) is 0 Å². The Morgan fingerprint density at radius 2 is 1.93 bits per heavy atom. The summed E-state index contributed by atoms with van der Waals surface area (Å²) in [5.74, 6) is -0.464. The molecule has 0 aromatic heterocycles. The minimum atomic E-state index is -0.756. The van der Waals surface area contributed by atoms with Gasteiger partial charge in [-0.05, 0) is 12.5 Å². The molecule has 0 bridgehead atoms. The number of hydrogen-bond acceptors (Lipinski definition) is 4. The maximum absolute atomic E-state index is 11.3. The first-order valence-corrected chi connectivity index (χ1v) is 4.83.